The van der Waals surface area contributed by atoms with Crippen molar-refractivity contribution in [3.05, 3.63) is 0 Å². The van der Waals surface area contributed by atoms with Gasteiger partial charge >= 0.3 is 5.97 Å². The second-order valence-corrected chi connectivity index (χ2v) is 10.5. The van der Waals surface area contributed by atoms with E-state index >= 15 is 0 Å². The number of aliphatic carboxylic acids is 1. The van der Waals surface area contributed by atoms with Gasteiger partial charge in [-0.15, -0.1) is 0 Å². The molecule has 2 fully saturated rings. The fourth-order valence-electron chi connectivity index (χ4n) is 5.48. The van der Waals surface area contributed by atoms with E-state index in [4.69, 9.17) is 16.6 Å². The number of primary amides is 1. The Morgan fingerprint density at radius 3 is 2.19 bits per heavy atom. The normalized spacial score (nSPS) is 18.5. The Bertz CT molecular complexity index is 794. The second kappa shape index (κ2) is 15.7. The van der Waals surface area contributed by atoms with Gasteiger partial charge in [0.2, 0.25) is 23.6 Å². The minimum absolute atomic E-state index is 0.115. The van der Waals surface area contributed by atoms with Gasteiger partial charge in [0.05, 0.1) is 12.5 Å². The van der Waals surface area contributed by atoms with Crippen molar-refractivity contribution < 1.29 is 29.1 Å². The summed E-state index contributed by atoms with van der Waals surface area (Å²) in [5.41, 5.74) is 11.5. The minimum Gasteiger partial charge on any atom is -0.481 e. The van der Waals surface area contributed by atoms with Crippen molar-refractivity contribution in [2.75, 3.05) is 26.2 Å². The van der Waals surface area contributed by atoms with Crippen molar-refractivity contribution in [1.82, 2.24) is 15.1 Å². The third kappa shape index (κ3) is 10.0. The highest BCUT2D eigenvalue weighted by molar-refractivity contribution is 6.04. The first kappa shape index (κ1) is 30.7. The van der Waals surface area contributed by atoms with Crippen LogP contribution in [0.25, 0.3) is 0 Å². The standard InChI is InChI=1S/C26H45N5O6/c1-2-30(22(32)10-6-9-18-11-13-29-14-12-18)17-23(33)31(26(37)20(27)16-24(34)35)21(25(28)36)15-19-7-4-3-5-8-19/h18-21,29H,2-17,27H2,1H3,(H2,28,36)(H,34,35)/t20-,21-/m0/s1. The summed E-state index contributed by atoms with van der Waals surface area (Å²) < 4.78 is 0. The zero-order valence-corrected chi connectivity index (χ0v) is 22.2. The lowest BCUT2D eigenvalue weighted by Crippen LogP contribution is -2.58. The molecule has 0 radical (unpaired) electrons. The number of carboxylic acid groups (broad SMARTS) is 1. The third-order valence-corrected chi connectivity index (χ3v) is 7.66. The van der Waals surface area contributed by atoms with Crippen LogP contribution in [0, 0.1) is 11.8 Å². The van der Waals surface area contributed by atoms with Crippen LogP contribution in [-0.2, 0) is 24.0 Å². The second-order valence-electron chi connectivity index (χ2n) is 10.5. The maximum absolute atomic E-state index is 13.5. The largest absolute Gasteiger partial charge is 0.481 e. The van der Waals surface area contributed by atoms with Crippen LogP contribution >= 0.6 is 0 Å². The van der Waals surface area contributed by atoms with Crippen LogP contribution in [0.15, 0.2) is 0 Å². The minimum atomic E-state index is -1.51. The number of likely N-dealkylation sites (N-methyl/N-ethyl adjacent to an activating group) is 1. The molecule has 37 heavy (non-hydrogen) atoms. The first-order valence-electron chi connectivity index (χ1n) is 13.7. The number of nitrogens with two attached hydrogens (primary N) is 2. The monoisotopic (exact) mass is 523 g/mol. The Labute approximate surface area is 219 Å². The molecule has 11 heteroatoms. The summed E-state index contributed by atoms with van der Waals surface area (Å²) in [6.07, 6.45) is 8.44. The number of carbonyl (C=O) groups is 5. The average molecular weight is 524 g/mol. The summed E-state index contributed by atoms with van der Waals surface area (Å²) in [5.74, 6) is -3.36. The molecule has 0 bridgehead atoms. The van der Waals surface area contributed by atoms with E-state index in [9.17, 15) is 24.0 Å². The van der Waals surface area contributed by atoms with E-state index in [-0.39, 0.29) is 24.8 Å². The van der Waals surface area contributed by atoms with Gasteiger partial charge in [-0.1, -0.05) is 32.1 Å². The molecular formula is C26H45N5O6. The fraction of sp³-hybridized carbons (Fsp3) is 0.808. The van der Waals surface area contributed by atoms with Crippen molar-refractivity contribution in [2.45, 2.75) is 96.1 Å². The van der Waals surface area contributed by atoms with Gasteiger partial charge in [0.25, 0.3) is 0 Å². The number of nitrogens with zero attached hydrogens (tertiary/aromatic N) is 2. The number of carbonyl (C=O) groups excluding carboxylic acids is 4. The number of carboxylic acids is 1. The summed E-state index contributed by atoms with van der Waals surface area (Å²) in [6, 6.07) is -2.75. The molecule has 6 N–H and O–H groups in total. The van der Waals surface area contributed by atoms with Crippen molar-refractivity contribution in [3.63, 3.8) is 0 Å². The van der Waals surface area contributed by atoms with E-state index in [2.05, 4.69) is 5.32 Å². The van der Waals surface area contributed by atoms with Crippen LogP contribution in [0.1, 0.15) is 84.0 Å². The van der Waals surface area contributed by atoms with Crippen LogP contribution in [0.5, 0.6) is 0 Å². The Balaban J connectivity index is 2.12. The summed E-state index contributed by atoms with van der Waals surface area (Å²) in [5, 5.41) is 12.4. The maximum Gasteiger partial charge on any atom is 0.305 e. The maximum atomic E-state index is 13.5. The van der Waals surface area contributed by atoms with Gasteiger partial charge in [-0.2, -0.15) is 0 Å². The smallest absolute Gasteiger partial charge is 0.305 e. The number of imide groups is 1. The molecule has 0 spiro atoms. The zero-order valence-electron chi connectivity index (χ0n) is 22.2. The van der Waals surface area contributed by atoms with Crippen LogP contribution in [0.2, 0.25) is 0 Å². The van der Waals surface area contributed by atoms with Crippen LogP contribution in [-0.4, -0.2) is 82.8 Å². The number of hydrogen-bond acceptors (Lipinski definition) is 7. The van der Waals surface area contributed by atoms with E-state index < -0.39 is 48.7 Å². The Kier molecular flexibility index (Phi) is 13.0. The molecule has 2 atom stereocenters. The topological polar surface area (TPSA) is 176 Å². The molecule has 0 aromatic carbocycles. The fourth-order valence-corrected chi connectivity index (χ4v) is 5.48. The number of amides is 4. The molecule has 2 aliphatic rings. The van der Waals surface area contributed by atoms with Gasteiger partial charge in [0.1, 0.15) is 12.6 Å². The van der Waals surface area contributed by atoms with Crippen molar-refractivity contribution in [1.29, 1.82) is 0 Å². The summed E-state index contributed by atoms with van der Waals surface area (Å²) in [6.45, 7) is 3.58. The van der Waals surface area contributed by atoms with Crippen LogP contribution in [0.4, 0.5) is 0 Å². The SMILES string of the molecule is CCN(CC(=O)N(C(=O)[C@@H](N)CC(=O)O)[C@@H](CC1CCCCC1)C(N)=O)C(=O)CCCC1CCNCC1. The molecule has 1 aliphatic heterocycles. The molecule has 1 heterocycles. The summed E-state index contributed by atoms with van der Waals surface area (Å²) >= 11 is 0. The van der Waals surface area contributed by atoms with Gasteiger partial charge in [0.15, 0.2) is 0 Å². The lowest BCUT2D eigenvalue weighted by molar-refractivity contribution is -0.156. The number of nitrogens with one attached hydrogen (secondary N) is 1. The van der Waals surface area contributed by atoms with E-state index in [1.165, 1.54) is 4.90 Å². The predicted molar refractivity (Wildman–Crippen MR) is 138 cm³/mol. The van der Waals surface area contributed by atoms with Gasteiger partial charge in [-0.3, -0.25) is 28.9 Å². The molecule has 0 unspecified atom stereocenters. The van der Waals surface area contributed by atoms with Crippen LogP contribution < -0.4 is 16.8 Å². The Hall–Kier alpha value is -2.53. The molecule has 11 nitrogen and oxygen atoms in total. The quantitative estimate of drug-likeness (QED) is 0.260. The van der Waals surface area contributed by atoms with Gasteiger partial charge < -0.3 is 26.8 Å². The molecule has 2 rings (SSSR count). The first-order valence-corrected chi connectivity index (χ1v) is 13.7. The molecule has 0 aromatic rings. The Morgan fingerprint density at radius 1 is 0.973 bits per heavy atom. The molecule has 4 amide bonds. The molecule has 1 aliphatic carbocycles. The molecular weight excluding hydrogens is 478 g/mol. The highest BCUT2D eigenvalue weighted by Gasteiger charge is 2.39. The zero-order chi connectivity index (χ0) is 27.4. The first-order chi connectivity index (χ1) is 17.6. The van der Waals surface area contributed by atoms with E-state index in [0.717, 1.165) is 69.4 Å². The lowest BCUT2D eigenvalue weighted by Gasteiger charge is -2.34. The Morgan fingerprint density at radius 2 is 1.62 bits per heavy atom. The highest BCUT2D eigenvalue weighted by atomic mass is 16.4. The van der Waals surface area contributed by atoms with Crippen molar-refractivity contribution in [3.8, 4) is 0 Å². The molecule has 1 saturated carbocycles. The molecule has 0 aromatic heterocycles. The van der Waals surface area contributed by atoms with E-state index in [1.807, 2.05) is 0 Å². The average Bonchev–Trinajstić information content (AvgIpc) is 2.87. The van der Waals surface area contributed by atoms with Gasteiger partial charge in [0, 0.05) is 13.0 Å². The summed E-state index contributed by atoms with van der Waals surface area (Å²) in [4.78, 5) is 65.3. The van der Waals surface area contributed by atoms with Gasteiger partial charge in [-0.05, 0) is 64.0 Å². The van der Waals surface area contributed by atoms with E-state index in [0.29, 0.717) is 18.8 Å². The van der Waals surface area contributed by atoms with E-state index in [1.54, 1.807) is 6.92 Å². The highest BCUT2D eigenvalue weighted by Crippen LogP contribution is 2.29. The number of rotatable bonds is 14. The molecule has 1 saturated heterocycles. The molecule has 210 valence electrons. The number of hydrogen-bond donors (Lipinski definition) is 4. The third-order valence-electron chi connectivity index (χ3n) is 7.66. The van der Waals surface area contributed by atoms with Gasteiger partial charge in [-0.25, -0.2) is 0 Å². The summed E-state index contributed by atoms with van der Waals surface area (Å²) in [7, 11) is 0. The number of piperidine rings is 1. The van der Waals surface area contributed by atoms with Crippen molar-refractivity contribution in [2.24, 2.45) is 23.3 Å². The van der Waals surface area contributed by atoms with Crippen LogP contribution in [0.3, 0.4) is 0 Å². The van der Waals surface area contributed by atoms with Crippen molar-refractivity contribution >= 4 is 29.6 Å². The predicted octanol–water partition coefficient (Wildman–Crippen LogP) is 0.986. The lowest BCUT2D eigenvalue weighted by atomic mass is 9.84.